The monoisotopic (exact) mass is 312 g/mol. The Balaban J connectivity index is 0.00000147. The predicted molar refractivity (Wildman–Crippen MR) is 86.0 cm³/mol. The number of likely N-dealkylation sites (N-methyl/N-ethyl adjacent to an activating group) is 1. The second-order valence-corrected chi connectivity index (χ2v) is 6.10. The number of hydrogen-bond donors (Lipinski definition) is 1. The van der Waals surface area contributed by atoms with E-state index in [0.717, 1.165) is 13.1 Å². The van der Waals surface area contributed by atoms with Crippen LogP contribution in [0.1, 0.15) is 17.7 Å². The molecule has 1 aliphatic heterocycles. The van der Waals surface area contributed by atoms with Crippen molar-refractivity contribution in [2.45, 2.75) is 25.4 Å². The van der Waals surface area contributed by atoms with Crippen LogP contribution < -0.4 is 5.32 Å². The summed E-state index contributed by atoms with van der Waals surface area (Å²) in [7, 11) is 2.07. The van der Waals surface area contributed by atoms with Crippen molar-refractivity contribution in [2.75, 3.05) is 20.1 Å². The van der Waals surface area contributed by atoms with E-state index in [2.05, 4.69) is 38.3 Å². The van der Waals surface area contributed by atoms with Gasteiger partial charge in [0.25, 0.3) is 0 Å². The molecule has 0 aliphatic carbocycles. The Morgan fingerprint density at radius 3 is 3.15 bits per heavy atom. The number of hydrogen-bond acceptors (Lipinski definition) is 4. The van der Waals surface area contributed by atoms with Gasteiger partial charge < -0.3 is 9.88 Å². The fourth-order valence-corrected chi connectivity index (χ4v) is 3.56. The summed E-state index contributed by atoms with van der Waals surface area (Å²) in [5.74, 6) is 0. The van der Waals surface area contributed by atoms with Crippen LogP contribution >= 0.6 is 23.7 Å². The van der Waals surface area contributed by atoms with Crippen LogP contribution in [0.3, 0.4) is 0 Å². The number of aromatic nitrogens is 2. The third-order valence-electron chi connectivity index (χ3n) is 3.74. The van der Waals surface area contributed by atoms with Crippen molar-refractivity contribution < 1.29 is 0 Å². The van der Waals surface area contributed by atoms with E-state index in [1.807, 2.05) is 30.1 Å². The fraction of sp³-hybridized carbons (Fsp3) is 0.500. The maximum atomic E-state index is 4.09. The van der Waals surface area contributed by atoms with Crippen LogP contribution in [0, 0.1) is 0 Å². The molecule has 0 spiro atoms. The molecule has 0 saturated carbocycles. The van der Waals surface area contributed by atoms with Crippen LogP contribution in [0.15, 0.2) is 30.2 Å². The maximum absolute atomic E-state index is 4.09. The Kier molecular flexibility index (Phi) is 5.60. The number of imidazole rings is 1. The quantitative estimate of drug-likeness (QED) is 0.942. The van der Waals surface area contributed by atoms with Crippen molar-refractivity contribution in [3.63, 3.8) is 0 Å². The molecule has 6 heteroatoms. The summed E-state index contributed by atoms with van der Waals surface area (Å²) in [6.07, 6.45) is 8.26. The summed E-state index contributed by atoms with van der Waals surface area (Å²) in [5, 5.41) is 5.60. The molecule has 0 bridgehead atoms. The van der Waals surface area contributed by atoms with Gasteiger partial charge in [0.1, 0.15) is 0 Å². The van der Waals surface area contributed by atoms with E-state index in [1.54, 1.807) is 0 Å². The summed E-state index contributed by atoms with van der Waals surface area (Å²) in [4.78, 5) is 8.07. The number of rotatable bonds is 4. The zero-order valence-corrected chi connectivity index (χ0v) is 13.3. The van der Waals surface area contributed by atoms with Gasteiger partial charge in [-0.05, 0) is 32.5 Å². The van der Waals surface area contributed by atoms with Crippen molar-refractivity contribution in [2.24, 2.45) is 0 Å². The van der Waals surface area contributed by atoms with Gasteiger partial charge in [0.15, 0.2) is 0 Å². The lowest BCUT2D eigenvalue weighted by molar-refractivity contribution is 0.189. The first-order valence-electron chi connectivity index (χ1n) is 6.80. The summed E-state index contributed by atoms with van der Waals surface area (Å²) >= 11 is 1.84. The molecule has 4 nitrogen and oxygen atoms in total. The number of thiophene rings is 1. The number of nitrogens with zero attached hydrogens (tertiary/aromatic N) is 3. The predicted octanol–water partition coefficient (Wildman–Crippen LogP) is 2.54. The Labute approximate surface area is 130 Å². The molecule has 110 valence electrons. The number of halogens is 1. The van der Waals surface area contributed by atoms with Gasteiger partial charge in [0, 0.05) is 41.8 Å². The van der Waals surface area contributed by atoms with Crippen LogP contribution in [-0.4, -0.2) is 40.6 Å². The third-order valence-corrected chi connectivity index (χ3v) is 4.64. The SMILES string of the molecule is CNC1CCCN(Cc2cc(-n3ccnc3)cs2)C1.Cl. The van der Waals surface area contributed by atoms with E-state index in [9.17, 15) is 0 Å². The largest absolute Gasteiger partial charge is 0.316 e. The lowest BCUT2D eigenvalue weighted by atomic mass is 10.1. The number of nitrogens with one attached hydrogen (secondary N) is 1. The minimum Gasteiger partial charge on any atom is -0.316 e. The van der Waals surface area contributed by atoms with Crippen molar-refractivity contribution >= 4 is 23.7 Å². The zero-order valence-electron chi connectivity index (χ0n) is 11.7. The molecule has 20 heavy (non-hydrogen) atoms. The highest BCUT2D eigenvalue weighted by atomic mass is 35.5. The Bertz CT molecular complexity index is 511. The molecule has 3 heterocycles. The highest BCUT2D eigenvalue weighted by Crippen LogP contribution is 2.21. The molecular formula is C14H21ClN4S. The summed E-state index contributed by atoms with van der Waals surface area (Å²) in [5.41, 5.74) is 1.22. The minimum absolute atomic E-state index is 0. The summed E-state index contributed by atoms with van der Waals surface area (Å²) in [6, 6.07) is 2.93. The van der Waals surface area contributed by atoms with Crippen LogP contribution in [-0.2, 0) is 6.54 Å². The van der Waals surface area contributed by atoms with Crippen LogP contribution in [0.25, 0.3) is 5.69 Å². The van der Waals surface area contributed by atoms with E-state index in [1.165, 1.54) is 30.0 Å². The second kappa shape index (κ2) is 7.22. The standard InChI is InChI=1S/C14H20N4S.ClH/c1-15-12-3-2-5-17(8-12)9-14-7-13(10-19-14)18-6-4-16-11-18;/h4,6-7,10-12,15H,2-3,5,8-9H2,1H3;1H. The van der Waals surface area contributed by atoms with E-state index in [4.69, 9.17) is 0 Å². The molecule has 3 rings (SSSR count). The molecule has 1 unspecified atom stereocenters. The highest BCUT2D eigenvalue weighted by molar-refractivity contribution is 7.10. The first-order chi connectivity index (χ1) is 9.35. The minimum atomic E-state index is 0. The molecule has 2 aromatic rings. The van der Waals surface area contributed by atoms with Crippen molar-refractivity contribution in [3.8, 4) is 5.69 Å². The summed E-state index contributed by atoms with van der Waals surface area (Å²) in [6.45, 7) is 3.45. The van der Waals surface area contributed by atoms with Gasteiger partial charge in [0.2, 0.25) is 0 Å². The fourth-order valence-electron chi connectivity index (χ4n) is 2.65. The molecule has 0 radical (unpaired) electrons. The summed E-state index contributed by atoms with van der Waals surface area (Å²) < 4.78 is 2.06. The molecule has 1 fully saturated rings. The first-order valence-corrected chi connectivity index (χ1v) is 7.68. The van der Waals surface area contributed by atoms with Crippen LogP contribution in [0.2, 0.25) is 0 Å². The van der Waals surface area contributed by atoms with Gasteiger partial charge in [-0.25, -0.2) is 4.98 Å². The van der Waals surface area contributed by atoms with Crippen LogP contribution in [0.5, 0.6) is 0 Å². The van der Waals surface area contributed by atoms with E-state index in [0.29, 0.717) is 6.04 Å². The van der Waals surface area contributed by atoms with Gasteiger partial charge in [-0.15, -0.1) is 23.7 Å². The van der Waals surface area contributed by atoms with Gasteiger partial charge in [-0.3, -0.25) is 4.90 Å². The van der Waals surface area contributed by atoms with Crippen molar-refractivity contribution in [1.82, 2.24) is 19.8 Å². The molecule has 0 amide bonds. The van der Waals surface area contributed by atoms with Gasteiger partial charge in [0.05, 0.1) is 12.0 Å². The van der Waals surface area contributed by atoms with Crippen molar-refractivity contribution in [1.29, 1.82) is 0 Å². The average molecular weight is 313 g/mol. The smallest absolute Gasteiger partial charge is 0.0991 e. The molecular weight excluding hydrogens is 292 g/mol. The van der Waals surface area contributed by atoms with Gasteiger partial charge >= 0.3 is 0 Å². The second-order valence-electron chi connectivity index (χ2n) is 5.10. The van der Waals surface area contributed by atoms with Gasteiger partial charge in [-0.2, -0.15) is 0 Å². The Hall–Kier alpha value is -0.880. The first kappa shape index (κ1) is 15.5. The molecule has 1 aliphatic rings. The van der Waals surface area contributed by atoms with Gasteiger partial charge in [-0.1, -0.05) is 0 Å². The molecule has 2 aromatic heterocycles. The average Bonchev–Trinajstić information content (AvgIpc) is 3.09. The van der Waals surface area contributed by atoms with E-state index < -0.39 is 0 Å². The number of piperidine rings is 1. The molecule has 1 N–H and O–H groups in total. The Morgan fingerprint density at radius 1 is 1.50 bits per heavy atom. The molecule has 1 saturated heterocycles. The topological polar surface area (TPSA) is 33.1 Å². The lowest BCUT2D eigenvalue weighted by Gasteiger charge is -2.32. The van der Waals surface area contributed by atoms with E-state index >= 15 is 0 Å². The molecule has 0 aromatic carbocycles. The maximum Gasteiger partial charge on any atom is 0.0991 e. The zero-order chi connectivity index (χ0) is 13.1. The lowest BCUT2D eigenvalue weighted by Crippen LogP contribution is -2.43. The van der Waals surface area contributed by atoms with Crippen molar-refractivity contribution in [3.05, 3.63) is 35.0 Å². The molecule has 1 atom stereocenters. The number of likely N-dealkylation sites (tertiary alicyclic amines) is 1. The normalized spacial score (nSPS) is 19.8. The highest BCUT2D eigenvalue weighted by Gasteiger charge is 2.18. The van der Waals surface area contributed by atoms with E-state index in [-0.39, 0.29) is 12.4 Å². The third kappa shape index (κ3) is 3.61. The van der Waals surface area contributed by atoms with Crippen LogP contribution in [0.4, 0.5) is 0 Å². The Morgan fingerprint density at radius 2 is 2.40 bits per heavy atom.